The van der Waals surface area contributed by atoms with Crippen molar-refractivity contribution in [1.29, 1.82) is 0 Å². The number of carbonyl (C=O) groups is 3. The molecule has 0 aromatic rings. The normalized spacial score (nSPS) is 26.0. The number of amides is 2. The van der Waals surface area contributed by atoms with Crippen molar-refractivity contribution in [1.82, 2.24) is 9.80 Å². The van der Waals surface area contributed by atoms with Gasteiger partial charge in [0.05, 0.1) is 5.92 Å². The number of carbonyl (C=O) groups excluding carboxylic acids is 2. The molecular formula is C15H24N2O4. The van der Waals surface area contributed by atoms with Gasteiger partial charge in [-0.25, -0.2) is 4.79 Å². The SMILES string of the molecule is CCC(CC)N1C[C@H](C(=O)N2CCC[C@@H]2C(=O)O)CC1=O. The first-order valence-electron chi connectivity index (χ1n) is 7.82. The molecule has 0 spiro atoms. The maximum atomic E-state index is 12.5. The monoisotopic (exact) mass is 296 g/mol. The molecule has 0 saturated carbocycles. The van der Waals surface area contributed by atoms with E-state index in [-0.39, 0.29) is 30.2 Å². The Hall–Kier alpha value is -1.59. The minimum atomic E-state index is -0.943. The van der Waals surface area contributed by atoms with Crippen LogP contribution >= 0.6 is 0 Å². The largest absolute Gasteiger partial charge is 0.480 e. The number of likely N-dealkylation sites (tertiary alicyclic amines) is 2. The summed E-state index contributed by atoms with van der Waals surface area (Å²) < 4.78 is 0. The van der Waals surface area contributed by atoms with E-state index >= 15 is 0 Å². The van der Waals surface area contributed by atoms with Crippen molar-refractivity contribution >= 4 is 17.8 Å². The van der Waals surface area contributed by atoms with Crippen molar-refractivity contribution in [2.45, 2.75) is 58.0 Å². The van der Waals surface area contributed by atoms with E-state index in [4.69, 9.17) is 0 Å². The highest BCUT2D eigenvalue weighted by Crippen LogP contribution is 2.27. The van der Waals surface area contributed by atoms with Crippen molar-refractivity contribution in [3.63, 3.8) is 0 Å². The van der Waals surface area contributed by atoms with E-state index in [1.807, 2.05) is 13.8 Å². The van der Waals surface area contributed by atoms with E-state index in [0.717, 1.165) is 19.3 Å². The minimum absolute atomic E-state index is 0.0214. The quantitative estimate of drug-likeness (QED) is 0.824. The molecule has 0 aromatic carbocycles. The molecule has 2 aliphatic rings. The van der Waals surface area contributed by atoms with E-state index in [1.165, 1.54) is 4.90 Å². The van der Waals surface area contributed by atoms with Gasteiger partial charge in [-0.1, -0.05) is 13.8 Å². The molecule has 2 rings (SSSR count). The zero-order valence-electron chi connectivity index (χ0n) is 12.7. The summed E-state index contributed by atoms with van der Waals surface area (Å²) in [4.78, 5) is 39.1. The molecule has 2 atom stereocenters. The van der Waals surface area contributed by atoms with Crippen LogP contribution in [0.25, 0.3) is 0 Å². The average Bonchev–Trinajstić information content (AvgIpc) is 3.07. The lowest BCUT2D eigenvalue weighted by atomic mass is 10.1. The maximum Gasteiger partial charge on any atom is 0.326 e. The van der Waals surface area contributed by atoms with Gasteiger partial charge in [-0.15, -0.1) is 0 Å². The van der Waals surface area contributed by atoms with E-state index in [9.17, 15) is 19.5 Å². The van der Waals surface area contributed by atoms with Crippen molar-refractivity contribution < 1.29 is 19.5 Å². The van der Waals surface area contributed by atoms with Crippen molar-refractivity contribution in [2.24, 2.45) is 5.92 Å². The fourth-order valence-corrected chi connectivity index (χ4v) is 3.50. The number of carboxylic acid groups (broad SMARTS) is 1. The van der Waals surface area contributed by atoms with Crippen molar-refractivity contribution in [3.05, 3.63) is 0 Å². The Bertz CT molecular complexity index is 433. The zero-order valence-corrected chi connectivity index (χ0v) is 12.7. The van der Waals surface area contributed by atoms with Crippen LogP contribution in [0.15, 0.2) is 0 Å². The van der Waals surface area contributed by atoms with Gasteiger partial charge in [-0.05, 0) is 25.7 Å². The molecule has 0 bridgehead atoms. The summed E-state index contributed by atoms with van der Waals surface area (Å²) in [5.41, 5.74) is 0. The van der Waals surface area contributed by atoms with Crippen LogP contribution in [-0.4, -0.2) is 57.9 Å². The highest BCUT2D eigenvalue weighted by molar-refractivity contribution is 5.91. The van der Waals surface area contributed by atoms with Crippen LogP contribution in [-0.2, 0) is 14.4 Å². The van der Waals surface area contributed by atoms with Gasteiger partial charge in [0.1, 0.15) is 6.04 Å². The summed E-state index contributed by atoms with van der Waals surface area (Å²) in [7, 11) is 0. The van der Waals surface area contributed by atoms with Gasteiger partial charge in [0.15, 0.2) is 0 Å². The molecular weight excluding hydrogens is 272 g/mol. The topological polar surface area (TPSA) is 77.9 Å². The average molecular weight is 296 g/mol. The lowest BCUT2D eigenvalue weighted by Gasteiger charge is -2.27. The van der Waals surface area contributed by atoms with Crippen LogP contribution in [0, 0.1) is 5.92 Å². The molecule has 2 aliphatic heterocycles. The highest BCUT2D eigenvalue weighted by Gasteiger charge is 2.42. The summed E-state index contributed by atoms with van der Waals surface area (Å²) in [5, 5.41) is 9.17. The van der Waals surface area contributed by atoms with Gasteiger partial charge in [-0.2, -0.15) is 0 Å². The lowest BCUT2D eigenvalue weighted by Crippen LogP contribution is -2.44. The zero-order chi connectivity index (χ0) is 15.6. The highest BCUT2D eigenvalue weighted by atomic mass is 16.4. The van der Waals surface area contributed by atoms with Crippen LogP contribution < -0.4 is 0 Å². The number of carboxylic acids is 1. The Morgan fingerprint density at radius 2 is 2.00 bits per heavy atom. The second-order valence-electron chi connectivity index (χ2n) is 5.95. The number of nitrogens with zero attached hydrogens (tertiary/aromatic N) is 2. The van der Waals surface area contributed by atoms with Crippen molar-refractivity contribution in [3.8, 4) is 0 Å². The Morgan fingerprint density at radius 3 is 2.57 bits per heavy atom. The molecule has 2 fully saturated rings. The maximum absolute atomic E-state index is 12.5. The summed E-state index contributed by atoms with van der Waals surface area (Å²) in [5.74, 6) is -1.46. The summed E-state index contributed by atoms with van der Waals surface area (Å²) in [6.07, 6.45) is 3.21. The first kappa shape index (κ1) is 15.8. The summed E-state index contributed by atoms with van der Waals surface area (Å²) in [6, 6.07) is -0.529. The number of hydrogen-bond acceptors (Lipinski definition) is 3. The smallest absolute Gasteiger partial charge is 0.326 e. The molecule has 2 saturated heterocycles. The molecule has 6 heteroatoms. The first-order valence-corrected chi connectivity index (χ1v) is 7.82. The standard InChI is InChI=1S/C15H24N2O4/c1-3-11(4-2)17-9-10(8-13(17)18)14(19)16-7-5-6-12(16)15(20)21/h10-12H,3-9H2,1-2H3,(H,20,21)/t10-,12-/m1/s1. The van der Waals surface area contributed by atoms with Crippen LogP contribution in [0.2, 0.25) is 0 Å². The molecule has 2 amide bonds. The number of aliphatic carboxylic acids is 1. The van der Waals surface area contributed by atoms with E-state index in [1.54, 1.807) is 4.90 Å². The third-order valence-corrected chi connectivity index (χ3v) is 4.71. The van der Waals surface area contributed by atoms with Gasteiger partial charge in [0, 0.05) is 25.6 Å². The summed E-state index contributed by atoms with van der Waals surface area (Å²) >= 11 is 0. The molecule has 118 valence electrons. The first-order chi connectivity index (χ1) is 9.99. The molecule has 1 N–H and O–H groups in total. The molecule has 21 heavy (non-hydrogen) atoms. The van der Waals surface area contributed by atoms with Gasteiger partial charge in [0.2, 0.25) is 11.8 Å². The molecule has 6 nitrogen and oxygen atoms in total. The number of hydrogen-bond donors (Lipinski definition) is 1. The van der Waals surface area contributed by atoms with Gasteiger partial charge < -0.3 is 14.9 Å². The van der Waals surface area contributed by atoms with Gasteiger partial charge >= 0.3 is 5.97 Å². The molecule has 0 radical (unpaired) electrons. The third kappa shape index (κ3) is 3.04. The minimum Gasteiger partial charge on any atom is -0.480 e. The van der Waals surface area contributed by atoms with Gasteiger partial charge in [-0.3, -0.25) is 9.59 Å². The second-order valence-corrected chi connectivity index (χ2v) is 5.95. The summed E-state index contributed by atoms with van der Waals surface area (Å²) in [6.45, 7) is 5.01. The predicted octanol–water partition coefficient (Wildman–Crippen LogP) is 1.10. The van der Waals surface area contributed by atoms with Gasteiger partial charge in [0.25, 0.3) is 0 Å². The third-order valence-electron chi connectivity index (χ3n) is 4.71. The second kappa shape index (κ2) is 6.45. The number of rotatable bonds is 5. The fourth-order valence-electron chi connectivity index (χ4n) is 3.50. The van der Waals surface area contributed by atoms with Crippen LogP contribution in [0.4, 0.5) is 0 Å². The lowest BCUT2D eigenvalue weighted by molar-refractivity contribution is -0.149. The van der Waals surface area contributed by atoms with Crippen LogP contribution in [0.3, 0.4) is 0 Å². The Labute approximate surface area is 125 Å². The van der Waals surface area contributed by atoms with Crippen LogP contribution in [0.1, 0.15) is 46.0 Å². The molecule has 0 aromatic heterocycles. The van der Waals surface area contributed by atoms with Crippen LogP contribution in [0.5, 0.6) is 0 Å². The molecule has 0 aliphatic carbocycles. The Balaban J connectivity index is 2.04. The fraction of sp³-hybridized carbons (Fsp3) is 0.800. The Morgan fingerprint density at radius 1 is 1.33 bits per heavy atom. The van der Waals surface area contributed by atoms with E-state index in [0.29, 0.717) is 19.5 Å². The van der Waals surface area contributed by atoms with Crippen molar-refractivity contribution in [2.75, 3.05) is 13.1 Å². The van der Waals surface area contributed by atoms with E-state index in [2.05, 4.69) is 0 Å². The predicted molar refractivity (Wildman–Crippen MR) is 76.6 cm³/mol. The van der Waals surface area contributed by atoms with E-state index < -0.39 is 12.0 Å². The molecule has 0 unspecified atom stereocenters. The molecule has 2 heterocycles. The Kier molecular flexibility index (Phi) is 4.85.